The first-order chi connectivity index (χ1) is 14.4. The molecular weight excluding hydrogens is 459 g/mol. The largest absolute Gasteiger partial charge is 0.462 e. The molecule has 0 aliphatic rings. The summed E-state index contributed by atoms with van der Waals surface area (Å²) >= 11 is 5.87. The summed E-state index contributed by atoms with van der Waals surface area (Å²) in [5.74, 6) is -10.0. The lowest BCUT2D eigenvalue weighted by molar-refractivity contribution is -0.137. The molecule has 3 rings (SSSR count). The maximum atomic E-state index is 14.6. The summed E-state index contributed by atoms with van der Waals surface area (Å²) in [6.07, 6.45) is -4.20. The highest BCUT2D eigenvalue weighted by molar-refractivity contribution is 6.32. The van der Waals surface area contributed by atoms with Gasteiger partial charge in [0, 0.05) is 6.20 Å². The van der Waals surface area contributed by atoms with Crippen molar-refractivity contribution >= 4 is 28.5 Å². The molecule has 3 aromatic rings. The van der Waals surface area contributed by atoms with E-state index in [9.17, 15) is 40.3 Å². The van der Waals surface area contributed by atoms with Crippen LogP contribution >= 0.6 is 11.6 Å². The van der Waals surface area contributed by atoms with Crippen LogP contribution in [0, 0.1) is 23.3 Å². The summed E-state index contributed by atoms with van der Waals surface area (Å²) in [5, 5.41) is -2.02. The SMILES string of the molecule is CCOC(=O)c1cn(-c2ccc(C(F)(F)F)cc2Cl)c2c(F)c(F)c(F)c(F)c2c1=O. The zero-order chi connectivity index (χ0) is 23.2. The fraction of sp³-hybridized carbons (Fsp3) is 0.158. The van der Waals surface area contributed by atoms with Gasteiger partial charge in [0.05, 0.1) is 33.8 Å². The normalized spacial score (nSPS) is 11.8. The Morgan fingerprint density at radius 2 is 1.68 bits per heavy atom. The van der Waals surface area contributed by atoms with Crippen LogP contribution in [0.4, 0.5) is 30.7 Å². The molecule has 0 fully saturated rings. The molecule has 0 aliphatic heterocycles. The average Bonchev–Trinajstić information content (AvgIpc) is 2.69. The van der Waals surface area contributed by atoms with Gasteiger partial charge in [-0.05, 0) is 25.1 Å². The first kappa shape index (κ1) is 22.6. The summed E-state index contributed by atoms with van der Waals surface area (Å²) in [7, 11) is 0. The number of halogens is 8. The van der Waals surface area contributed by atoms with Gasteiger partial charge in [0.25, 0.3) is 0 Å². The number of rotatable bonds is 3. The van der Waals surface area contributed by atoms with E-state index >= 15 is 0 Å². The van der Waals surface area contributed by atoms with Crippen LogP contribution in [0.1, 0.15) is 22.8 Å². The zero-order valence-electron chi connectivity index (χ0n) is 15.2. The number of fused-ring (bicyclic) bond motifs is 1. The van der Waals surface area contributed by atoms with Crippen LogP contribution in [-0.2, 0) is 10.9 Å². The number of nitrogens with zero attached hydrogens (tertiary/aromatic N) is 1. The number of ether oxygens (including phenoxy) is 1. The molecule has 2 aromatic carbocycles. The highest BCUT2D eigenvalue weighted by Gasteiger charge is 2.32. The van der Waals surface area contributed by atoms with Gasteiger partial charge in [0.15, 0.2) is 23.3 Å². The average molecular weight is 468 g/mol. The van der Waals surface area contributed by atoms with Gasteiger partial charge in [0.2, 0.25) is 5.43 Å². The van der Waals surface area contributed by atoms with E-state index < -0.39 is 73.6 Å². The molecule has 0 spiro atoms. The second-order valence-electron chi connectivity index (χ2n) is 6.11. The van der Waals surface area contributed by atoms with Crippen LogP contribution in [-0.4, -0.2) is 17.1 Å². The molecule has 4 nitrogen and oxygen atoms in total. The van der Waals surface area contributed by atoms with Crippen molar-refractivity contribution in [1.82, 2.24) is 4.57 Å². The van der Waals surface area contributed by atoms with Crippen molar-refractivity contribution in [1.29, 1.82) is 0 Å². The van der Waals surface area contributed by atoms with Crippen molar-refractivity contribution in [2.45, 2.75) is 13.1 Å². The van der Waals surface area contributed by atoms with Gasteiger partial charge < -0.3 is 9.30 Å². The number of carbonyl (C=O) groups is 1. The Balaban J connectivity index is 2.50. The second kappa shape index (κ2) is 7.88. The molecule has 0 radical (unpaired) electrons. The van der Waals surface area contributed by atoms with Crippen LogP contribution in [0.5, 0.6) is 0 Å². The predicted octanol–water partition coefficient (Wildman–Crippen LogP) is 5.40. The van der Waals surface area contributed by atoms with Crippen LogP contribution < -0.4 is 5.43 Å². The number of hydrogen-bond donors (Lipinski definition) is 0. The van der Waals surface area contributed by atoms with E-state index in [1.165, 1.54) is 6.92 Å². The number of pyridine rings is 1. The smallest absolute Gasteiger partial charge is 0.416 e. The molecule has 0 atom stereocenters. The minimum atomic E-state index is -4.80. The van der Waals surface area contributed by atoms with E-state index in [1.807, 2.05) is 0 Å². The van der Waals surface area contributed by atoms with Gasteiger partial charge in [-0.15, -0.1) is 0 Å². The molecule has 1 aromatic heterocycles. The monoisotopic (exact) mass is 467 g/mol. The Kier molecular flexibility index (Phi) is 5.74. The van der Waals surface area contributed by atoms with Crippen LogP contribution in [0.15, 0.2) is 29.2 Å². The molecule has 0 N–H and O–H groups in total. The number of aromatic nitrogens is 1. The number of alkyl halides is 3. The highest BCUT2D eigenvalue weighted by atomic mass is 35.5. The first-order valence-corrected chi connectivity index (χ1v) is 8.73. The first-order valence-electron chi connectivity index (χ1n) is 8.35. The Morgan fingerprint density at radius 3 is 2.23 bits per heavy atom. The molecule has 31 heavy (non-hydrogen) atoms. The van der Waals surface area contributed by atoms with E-state index in [2.05, 4.69) is 4.74 Å². The predicted molar refractivity (Wildman–Crippen MR) is 95.3 cm³/mol. The Hall–Kier alpha value is -3.08. The third kappa shape index (κ3) is 3.73. The summed E-state index contributed by atoms with van der Waals surface area (Å²) < 4.78 is 100. The Bertz CT molecular complexity index is 1280. The van der Waals surface area contributed by atoms with Gasteiger partial charge in [-0.2, -0.15) is 13.2 Å². The molecule has 164 valence electrons. The Morgan fingerprint density at radius 1 is 1.06 bits per heavy atom. The fourth-order valence-corrected chi connectivity index (χ4v) is 3.13. The minimum absolute atomic E-state index is 0.230. The molecule has 0 bridgehead atoms. The maximum absolute atomic E-state index is 14.6. The highest BCUT2D eigenvalue weighted by Crippen LogP contribution is 2.35. The van der Waals surface area contributed by atoms with Gasteiger partial charge in [-0.25, -0.2) is 22.4 Å². The van der Waals surface area contributed by atoms with Crippen molar-refractivity contribution in [3.63, 3.8) is 0 Å². The van der Waals surface area contributed by atoms with Crippen molar-refractivity contribution in [3.05, 3.63) is 74.0 Å². The molecule has 1 heterocycles. The second-order valence-corrected chi connectivity index (χ2v) is 6.51. The van der Waals surface area contributed by atoms with E-state index in [4.69, 9.17) is 11.6 Å². The van der Waals surface area contributed by atoms with E-state index in [0.717, 1.165) is 6.07 Å². The standard InChI is InChI=1S/C19H9ClF7NO3/c1-2-31-18(30)8-6-28(10-4-3-7(5-9(10)20)19(25,26)27)16-11(17(8)29)12(21)13(22)14(23)15(16)24/h3-6H,2H2,1H3. The van der Waals surface area contributed by atoms with Crippen molar-refractivity contribution < 1.29 is 40.3 Å². The third-order valence-electron chi connectivity index (χ3n) is 4.24. The maximum Gasteiger partial charge on any atom is 0.416 e. The molecule has 0 saturated heterocycles. The Labute approximate surface area is 173 Å². The summed E-state index contributed by atoms with van der Waals surface area (Å²) in [6, 6.07) is 1.70. The van der Waals surface area contributed by atoms with Crippen LogP contribution in [0.3, 0.4) is 0 Å². The summed E-state index contributed by atoms with van der Waals surface area (Å²) in [6.45, 7) is 1.14. The summed E-state index contributed by atoms with van der Waals surface area (Å²) in [4.78, 5) is 24.7. The van der Waals surface area contributed by atoms with Crippen molar-refractivity contribution in [2.24, 2.45) is 0 Å². The van der Waals surface area contributed by atoms with Crippen molar-refractivity contribution in [3.8, 4) is 5.69 Å². The molecule has 0 saturated carbocycles. The quantitative estimate of drug-likeness (QED) is 0.224. The van der Waals surface area contributed by atoms with E-state index in [1.54, 1.807) is 0 Å². The number of benzene rings is 2. The molecular formula is C19H9ClF7NO3. The van der Waals surface area contributed by atoms with Crippen molar-refractivity contribution in [2.75, 3.05) is 6.61 Å². The van der Waals surface area contributed by atoms with Gasteiger partial charge in [0.1, 0.15) is 5.56 Å². The van der Waals surface area contributed by atoms with Gasteiger partial charge >= 0.3 is 12.1 Å². The molecule has 12 heteroatoms. The van der Waals surface area contributed by atoms with Crippen LogP contribution in [0.2, 0.25) is 5.02 Å². The lowest BCUT2D eigenvalue weighted by Gasteiger charge is -2.17. The van der Waals surface area contributed by atoms with Crippen LogP contribution in [0.25, 0.3) is 16.6 Å². The molecule has 0 amide bonds. The lowest BCUT2D eigenvalue weighted by Crippen LogP contribution is -2.23. The van der Waals surface area contributed by atoms with E-state index in [0.29, 0.717) is 22.9 Å². The van der Waals surface area contributed by atoms with E-state index in [-0.39, 0.29) is 6.61 Å². The minimum Gasteiger partial charge on any atom is -0.462 e. The lowest BCUT2D eigenvalue weighted by atomic mass is 10.1. The fourth-order valence-electron chi connectivity index (χ4n) is 2.86. The van der Waals surface area contributed by atoms with Gasteiger partial charge in [-0.3, -0.25) is 4.79 Å². The molecule has 0 aliphatic carbocycles. The number of hydrogen-bond acceptors (Lipinski definition) is 3. The van der Waals surface area contributed by atoms with Gasteiger partial charge in [-0.1, -0.05) is 11.6 Å². The zero-order valence-corrected chi connectivity index (χ0v) is 16.0. The number of esters is 1. The summed E-state index contributed by atoms with van der Waals surface area (Å²) in [5.41, 5.74) is -5.26. The molecule has 0 unspecified atom stereocenters. The number of carbonyl (C=O) groups excluding carboxylic acids is 1. The third-order valence-corrected chi connectivity index (χ3v) is 4.55. The topological polar surface area (TPSA) is 48.3 Å².